The van der Waals surface area contributed by atoms with Crippen LogP contribution in [0.15, 0.2) is 38.6 Å². The van der Waals surface area contributed by atoms with Crippen molar-refractivity contribution < 1.29 is 8.42 Å². The average Bonchev–Trinajstić information content (AvgIpc) is 2.69. The monoisotopic (exact) mass is 352 g/mol. The fourth-order valence-corrected chi connectivity index (χ4v) is 4.37. The van der Waals surface area contributed by atoms with Crippen LogP contribution in [0.2, 0.25) is 5.02 Å². The molecule has 8 heteroatoms. The number of pyridine rings is 1. The predicted molar refractivity (Wildman–Crippen MR) is 72.1 cm³/mol. The van der Waals surface area contributed by atoms with Crippen LogP contribution in [0.5, 0.6) is 0 Å². The lowest BCUT2D eigenvalue weighted by atomic mass is 10.4. The molecule has 0 saturated carbocycles. The van der Waals surface area contributed by atoms with E-state index in [2.05, 4.69) is 25.6 Å². The van der Waals surface area contributed by atoms with Gasteiger partial charge in [-0.2, -0.15) is 0 Å². The number of aromatic nitrogens is 1. The van der Waals surface area contributed by atoms with Gasteiger partial charge >= 0.3 is 0 Å². The number of sulfonamides is 1. The Hall–Kier alpha value is -0.630. The van der Waals surface area contributed by atoms with E-state index < -0.39 is 10.0 Å². The van der Waals surface area contributed by atoms with Crippen molar-refractivity contribution in [1.29, 1.82) is 0 Å². The van der Waals surface area contributed by atoms with E-state index in [1.54, 1.807) is 6.07 Å². The van der Waals surface area contributed by atoms with Crippen LogP contribution >= 0.6 is 38.9 Å². The van der Waals surface area contributed by atoms with E-state index in [9.17, 15) is 8.42 Å². The highest BCUT2D eigenvalue weighted by molar-refractivity contribution is 9.11. The van der Waals surface area contributed by atoms with Crippen LogP contribution in [-0.4, -0.2) is 13.4 Å². The number of nitrogens with one attached hydrogen (secondary N) is 1. The molecule has 0 radical (unpaired) electrons. The Morgan fingerprint density at radius 3 is 2.71 bits per heavy atom. The second-order valence-corrected chi connectivity index (χ2v) is 7.80. The van der Waals surface area contributed by atoms with Crippen molar-refractivity contribution in [2.24, 2.45) is 0 Å². The maximum Gasteiger partial charge on any atom is 0.271 e. The van der Waals surface area contributed by atoms with Gasteiger partial charge in [0.05, 0.1) is 20.7 Å². The minimum Gasteiger partial charge on any atom is -0.276 e. The quantitative estimate of drug-likeness (QED) is 0.920. The molecule has 1 N–H and O–H groups in total. The van der Waals surface area contributed by atoms with Crippen LogP contribution in [0.1, 0.15) is 0 Å². The zero-order chi connectivity index (χ0) is 12.5. The topological polar surface area (TPSA) is 59.1 Å². The van der Waals surface area contributed by atoms with Gasteiger partial charge in [0.2, 0.25) is 0 Å². The van der Waals surface area contributed by atoms with Gasteiger partial charge < -0.3 is 0 Å². The van der Waals surface area contributed by atoms with Crippen molar-refractivity contribution in [3.05, 3.63) is 39.4 Å². The number of anilines is 1. The van der Waals surface area contributed by atoms with Crippen LogP contribution in [0.3, 0.4) is 0 Å². The van der Waals surface area contributed by atoms with Crippen LogP contribution in [0, 0.1) is 0 Å². The lowest BCUT2D eigenvalue weighted by molar-refractivity contribution is 0.603. The van der Waals surface area contributed by atoms with E-state index in [-0.39, 0.29) is 9.90 Å². The van der Waals surface area contributed by atoms with Crippen molar-refractivity contribution in [3.63, 3.8) is 0 Å². The standard InChI is InChI=1S/C9H6BrClN2O2S2/c10-8-1-2-9(16-8)17(14,15)13-7-5-12-4-3-6(7)11/h1-5,13H. The van der Waals surface area contributed by atoms with Gasteiger partial charge in [-0.25, -0.2) is 8.42 Å². The molecular formula is C9H6BrClN2O2S2. The summed E-state index contributed by atoms with van der Waals surface area (Å²) in [5.41, 5.74) is 0.263. The molecule has 2 aromatic rings. The average molecular weight is 354 g/mol. The minimum atomic E-state index is -3.60. The van der Waals surface area contributed by atoms with Crippen LogP contribution < -0.4 is 4.72 Å². The van der Waals surface area contributed by atoms with Crippen molar-refractivity contribution in [3.8, 4) is 0 Å². The lowest BCUT2D eigenvalue weighted by Crippen LogP contribution is -2.11. The molecule has 2 rings (SSSR count). The highest BCUT2D eigenvalue weighted by Crippen LogP contribution is 2.29. The Bertz CT molecular complexity index is 642. The fourth-order valence-electron chi connectivity index (χ4n) is 1.09. The summed E-state index contributed by atoms with van der Waals surface area (Å²) in [5, 5.41) is 0.305. The Kier molecular flexibility index (Phi) is 3.72. The molecule has 0 unspecified atom stereocenters. The van der Waals surface area contributed by atoms with Crippen molar-refractivity contribution in [2.45, 2.75) is 4.21 Å². The number of hydrogen-bond acceptors (Lipinski definition) is 4. The van der Waals surface area contributed by atoms with Gasteiger partial charge in [-0.15, -0.1) is 11.3 Å². The summed E-state index contributed by atoms with van der Waals surface area (Å²) in [7, 11) is -3.60. The van der Waals surface area contributed by atoms with Gasteiger partial charge in [0.1, 0.15) is 4.21 Å². The third-order valence-corrected chi connectivity index (χ3v) is 5.64. The molecular weight excluding hydrogens is 348 g/mol. The normalized spacial score (nSPS) is 11.4. The van der Waals surface area contributed by atoms with Gasteiger partial charge in [0.15, 0.2) is 0 Å². The van der Waals surface area contributed by atoms with Gasteiger partial charge in [0.25, 0.3) is 10.0 Å². The molecule has 0 saturated heterocycles. The highest BCUT2D eigenvalue weighted by atomic mass is 79.9. The van der Waals surface area contributed by atoms with E-state index >= 15 is 0 Å². The zero-order valence-corrected chi connectivity index (χ0v) is 12.2. The zero-order valence-electron chi connectivity index (χ0n) is 8.22. The number of nitrogens with zero attached hydrogens (tertiary/aromatic N) is 1. The smallest absolute Gasteiger partial charge is 0.271 e. The third kappa shape index (κ3) is 2.98. The minimum absolute atomic E-state index is 0.212. The van der Waals surface area contributed by atoms with E-state index in [0.717, 1.165) is 15.1 Å². The van der Waals surface area contributed by atoms with Crippen LogP contribution in [-0.2, 0) is 10.0 Å². The van der Waals surface area contributed by atoms with Crippen molar-refractivity contribution >= 4 is 54.6 Å². The molecule has 0 bridgehead atoms. The van der Waals surface area contributed by atoms with E-state index in [4.69, 9.17) is 11.6 Å². The van der Waals surface area contributed by atoms with Crippen molar-refractivity contribution in [1.82, 2.24) is 4.98 Å². The first-order valence-electron chi connectivity index (χ1n) is 4.37. The number of halogens is 2. The first-order valence-corrected chi connectivity index (χ1v) is 7.84. The van der Waals surface area contributed by atoms with Crippen LogP contribution in [0.25, 0.3) is 0 Å². The van der Waals surface area contributed by atoms with Gasteiger partial charge in [0, 0.05) is 6.20 Å². The molecule has 0 aliphatic heterocycles. The maximum atomic E-state index is 12.0. The van der Waals surface area contributed by atoms with E-state index in [1.807, 2.05) is 0 Å². The second-order valence-electron chi connectivity index (χ2n) is 3.02. The second kappa shape index (κ2) is 4.93. The Labute approximate surface area is 116 Å². The number of rotatable bonds is 3. The molecule has 2 heterocycles. The summed E-state index contributed by atoms with van der Waals surface area (Å²) < 4.78 is 27.3. The molecule has 90 valence electrons. The molecule has 4 nitrogen and oxygen atoms in total. The summed E-state index contributed by atoms with van der Waals surface area (Å²) in [6, 6.07) is 4.70. The molecule has 17 heavy (non-hydrogen) atoms. The summed E-state index contributed by atoms with van der Waals surface area (Å²) in [5.74, 6) is 0. The molecule has 0 fully saturated rings. The van der Waals surface area contributed by atoms with Gasteiger partial charge in [-0.05, 0) is 34.1 Å². The lowest BCUT2D eigenvalue weighted by Gasteiger charge is -2.06. The van der Waals surface area contributed by atoms with Gasteiger partial charge in [-0.1, -0.05) is 11.6 Å². The largest absolute Gasteiger partial charge is 0.276 e. The third-order valence-electron chi connectivity index (χ3n) is 1.83. The summed E-state index contributed by atoms with van der Waals surface area (Å²) in [4.78, 5) is 3.81. The number of thiophene rings is 1. The summed E-state index contributed by atoms with van der Waals surface area (Å²) in [6.07, 6.45) is 2.85. The van der Waals surface area contributed by atoms with Crippen molar-refractivity contribution in [2.75, 3.05) is 4.72 Å². The van der Waals surface area contributed by atoms with E-state index in [0.29, 0.717) is 5.02 Å². The molecule has 0 aromatic carbocycles. The maximum absolute atomic E-state index is 12.0. The molecule has 0 amide bonds. The molecule has 0 aliphatic carbocycles. The molecule has 0 spiro atoms. The van der Waals surface area contributed by atoms with Gasteiger partial charge in [-0.3, -0.25) is 9.71 Å². The molecule has 0 aliphatic rings. The molecule has 2 aromatic heterocycles. The molecule has 0 atom stereocenters. The Morgan fingerprint density at radius 2 is 2.12 bits per heavy atom. The summed E-state index contributed by atoms with van der Waals surface area (Å²) >= 11 is 10.2. The Morgan fingerprint density at radius 1 is 1.35 bits per heavy atom. The first-order chi connectivity index (χ1) is 7.99. The Balaban J connectivity index is 2.33. The van der Waals surface area contributed by atoms with Crippen LogP contribution in [0.4, 0.5) is 5.69 Å². The highest BCUT2D eigenvalue weighted by Gasteiger charge is 2.17. The fraction of sp³-hybridized carbons (Fsp3) is 0. The summed E-state index contributed by atoms with van der Waals surface area (Å²) in [6.45, 7) is 0. The SMILES string of the molecule is O=S(=O)(Nc1cnccc1Cl)c1ccc(Br)s1. The first kappa shape index (κ1) is 12.8. The predicted octanol–water partition coefficient (Wildman–Crippen LogP) is 3.36. The van der Waals surface area contributed by atoms with E-state index in [1.165, 1.54) is 24.5 Å². The number of hydrogen-bond donors (Lipinski definition) is 1.